The Morgan fingerprint density at radius 1 is 1.54 bits per heavy atom. The van der Waals surface area contributed by atoms with Gasteiger partial charge in [-0.1, -0.05) is 17.6 Å². The van der Waals surface area contributed by atoms with Crippen LogP contribution in [0.1, 0.15) is 33.1 Å². The van der Waals surface area contributed by atoms with Gasteiger partial charge in [0.2, 0.25) is 0 Å². The van der Waals surface area contributed by atoms with Crippen LogP contribution < -0.4 is 5.32 Å². The number of nitrogens with one attached hydrogen (secondary N) is 1. The Morgan fingerprint density at radius 2 is 2.31 bits per heavy atom. The lowest BCUT2D eigenvalue weighted by atomic mass is 10.1. The molecule has 0 bridgehead atoms. The Kier molecular flexibility index (Phi) is 4.05. The molecule has 2 atom stereocenters. The quantitative estimate of drug-likeness (QED) is 0.515. The largest absolute Gasteiger partial charge is 0.303 e. The van der Waals surface area contributed by atoms with Gasteiger partial charge in [-0.05, 0) is 39.0 Å². The zero-order valence-corrected chi connectivity index (χ0v) is 8.64. The Labute approximate surface area is 81.6 Å². The van der Waals surface area contributed by atoms with Crippen LogP contribution in [0.25, 0.3) is 0 Å². The third-order valence-corrected chi connectivity index (χ3v) is 2.54. The number of hydrogen-bond acceptors (Lipinski definition) is 1. The summed E-state index contributed by atoms with van der Waals surface area (Å²) in [4.78, 5) is 0. The van der Waals surface area contributed by atoms with Crippen LogP contribution in [0, 0.1) is 18.3 Å². The highest BCUT2D eigenvalue weighted by molar-refractivity contribution is 5.01. The van der Waals surface area contributed by atoms with Crippen molar-refractivity contribution < 1.29 is 0 Å². The normalized spacial score (nSPS) is 26.8. The van der Waals surface area contributed by atoms with Crippen molar-refractivity contribution in [3.8, 4) is 12.3 Å². The van der Waals surface area contributed by atoms with E-state index in [0.717, 1.165) is 5.92 Å². The summed E-state index contributed by atoms with van der Waals surface area (Å²) < 4.78 is 0. The van der Waals surface area contributed by atoms with Gasteiger partial charge in [0, 0.05) is 6.04 Å². The van der Waals surface area contributed by atoms with Crippen molar-refractivity contribution in [2.24, 2.45) is 5.92 Å². The minimum Gasteiger partial charge on any atom is -0.303 e. The Hall–Kier alpha value is -0.740. The second-order valence-electron chi connectivity index (χ2n) is 4.10. The van der Waals surface area contributed by atoms with Gasteiger partial charge in [-0.3, -0.25) is 0 Å². The van der Waals surface area contributed by atoms with E-state index in [1.165, 1.54) is 24.8 Å². The topological polar surface area (TPSA) is 12.0 Å². The minimum absolute atomic E-state index is 0.650. The molecule has 0 aromatic carbocycles. The highest BCUT2D eigenvalue weighted by Gasteiger charge is 2.21. The lowest BCUT2D eigenvalue weighted by Gasteiger charge is -2.09. The fourth-order valence-electron chi connectivity index (χ4n) is 2.03. The van der Waals surface area contributed by atoms with Crippen LogP contribution >= 0.6 is 0 Å². The molecule has 1 rings (SSSR count). The van der Waals surface area contributed by atoms with E-state index in [0.29, 0.717) is 12.6 Å². The summed E-state index contributed by atoms with van der Waals surface area (Å²) in [6, 6.07) is 0.650. The summed E-state index contributed by atoms with van der Waals surface area (Å²) in [6.45, 7) is 5.05. The van der Waals surface area contributed by atoms with Gasteiger partial charge in [0.25, 0.3) is 0 Å². The number of terminal acetylenes is 1. The first kappa shape index (κ1) is 10.3. The maximum atomic E-state index is 5.20. The van der Waals surface area contributed by atoms with Crippen molar-refractivity contribution in [3.63, 3.8) is 0 Å². The van der Waals surface area contributed by atoms with Gasteiger partial charge in [-0.25, -0.2) is 0 Å². The Bertz CT molecular complexity index is 218. The predicted molar refractivity (Wildman–Crippen MR) is 57.4 cm³/mol. The standard InChI is InChI=1S/C12H19N/c1-4-7-13-12-6-5-11(9-12)8-10(2)3/h1,8,11-13H,5-7,9H2,2-3H3. The van der Waals surface area contributed by atoms with Crippen molar-refractivity contribution in [3.05, 3.63) is 11.6 Å². The molecular formula is C12H19N. The molecule has 1 aliphatic carbocycles. The molecule has 0 radical (unpaired) electrons. The van der Waals surface area contributed by atoms with Gasteiger partial charge >= 0.3 is 0 Å². The highest BCUT2D eigenvalue weighted by atomic mass is 14.9. The molecule has 1 saturated carbocycles. The van der Waals surface area contributed by atoms with Crippen molar-refractivity contribution >= 4 is 0 Å². The molecule has 0 saturated heterocycles. The molecule has 13 heavy (non-hydrogen) atoms. The van der Waals surface area contributed by atoms with E-state index in [2.05, 4.69) is 31.2 Å². The van der Waals surface area contributed by atoms with Gasteiger partial charge in [0.05, 0.1) is 6.54 Å². The van der Waals surface area contributed by atoms with Crippen LogP contribution in [-0.2, 0) is 0 Å². The summed E-state index contributed by atoms with van der Waals surface area (Å²) in [5.41, 5.74) is 1.43. The SMILES string of the molecule is C#CCNC1CCC(C=C(C)C)C1. The lowest BCUT2D eigenvalue weighted by Crippen LogP contribution is -2.26. The van der Waals surface area contributed by atoms with Crippen molar-refractivity contribution in [2.45, 2.75) is 39.2 Å². The molecule has 72 valence electrons. The average Bonchev–Trinajstić information content (AvgIpc) is 2.48. The predicted octanol–water partition coefficient (Wildman–Crippen LogP) is 2.34. The fourth-order valence-corrected chi connectivity index (χ4v) is 2.03. The van der Waals surface area contributed by atoms with Crippen LogP contribution in [-0.4, -0.2) is 12.6 Å². The van der Waals surface area contributed by atoms with Gasteiger partial charge in [0.15, 0.2) is 0 Å². The monoisotopic (exact) mass is 177 g/mol. The van der Waals surface area contributed by atoms with Crippen molar-refractivity contribution in [1.82, 2.24) is 5.32 Å². The maximum Gasteiger partial charge on any atom is 0.0575 e. The molecule has 0 heterocycles. The summed E-state index contributed by atoms with van der Waals surface area (Å²) in [6.07, 6.45) is 11.4. The van der Waals surface area contributed by atoms with Crippen molar-refractivity contribution in [2.75, 3.05) is 6.54 Å². The van der Waals surface area contributed by atoms with Crippen LogP contribution in [0.15, 0.2) is 11.6 Å². The van der Waals surface area contributed by atoms with Crippen LogP contribution in [0.5, 0.6) is 0 Å². The first-order valence-electron chi connectivity index (χ1n) is 5.04. The second kappa shape index (κ2) is 5.09. The number of hydrogen-bond donors (Lipinski definition) is 1. The molecule has 0 aromatic rings. The molecule has 0 spiro atoms. The average molecular weight is 177 g/mol. The fraction of sp³-hybridized carbons (Fsp3) is 0.667. The van der Waals surface area contributed by atoms with E-state index in [1.807, 2.05) is 0 Å². The molecule has 0 aliphatic heterocycles. The first-order valence-corrected chi connectivity index (χ1v) is 5.04. The molecule has 1 N–H and O–H groups in total. The molecule has 1 heteroatoms. The van der Waals surface area contributed by atoms with Crippen LogP contribution in [0.3, 0.4) is 0 Å². The summed E-state index contributed by atoms with van der Waals surface area (Å²) in [7, 11) is 0. The van der Waals surface area contributed by atoms with E-state index in [1.54, 1.807) is 0 Å². The zero-order valence-electron chi connectivity index (χ0n) is 8.64. The Morgan fingerprint density at radius 3 is 2.92 bits per heavy atom. The van der Waals surface area contributed by atoms with E-state index in [9.17, 15) is 0 Å². The third kappa shape index (κ3) is 3.65. The van der Waals surface area contributed by atoms with E-state index in [-0.39, 0.29) is 0 Å². The Balaban J connectivity index is 2.29. The number of rotatable bonds is 3. The van der Waals surface area contributed by atoms with Crippen molar-refractivity contribution in [1.29, 1.82) is 0 Å². The molecule has 1 fully saturated rings. The van der Waals surface area contributed by atoms with E-state index < -0.39 is 0 Å². The molecular weight excluding hydrogens is 158 g/mol. The lowest BCUT2D eigenvalue weighted by molar-refractivity contribution is 0.545. The zero-order chi connectivity index (χ0) is 9.68. The summed E-state index contributed by atoms with van der Waals surface area (Å²) >= 11 is 0. The summed E-state index contributed by atoms with van der Waals surface area (Å²) in [5, 5.41) is 3.37. The van der Waals surface area contributed by atoms with Crippen LogP contribution in [0.2, 0.25) is 0 Å². The smallest absolute Gasteiger partial charge is 0.0575 e. The van der Waals surface area contributed by atoms with Crippen LogP contribution in [0.4, 0.5) is 0 Å². The van der Waals surface area contributed by atoms with E-state index >= 15 is 0 Å². The highest BCUT2D eigenvalue weighted by Crippen LogP contribution is 2.27. The van der Waals surface area contributed by atoms with Gasteiger partial charge < -0.3 is 5.32 Å². The molecule has 1 nitrogen and oxygen atoms in total. The molecule has 0 amide bonds. The van der Waals surface area contributed by atoms with E-state index in [4.69, 9.17) is 6.42 Å². The minimum atomic E-state index is 0.650. The molecule has 1 aliphatic rings. The maximum absolute atomic E-state index is 5.20. The third-order valence-electron chi connectivity index (χ3n) is 2.54. The molecule has 0 aromatic heterocycles. The van der Waals surface area contributed by atoms with Gasteiger partial charge in [-0.15, -0.1) is 6.42 Å². The first-order chi connectivity index (χ1) is 6.22. The summed E-state index contributed by atoms with van der Waals surface area (Å²) in [5.74, 6) is 3.40. The number of allylic oxidation sites excluding steroid dienone is 2. The van der Waals surface area contributed by atoms with Gasteiger partial charge in [-0.2, -0.15) is 0 Å². The second-order valence-corrected chi connectivity index (χ2v) is 4.10. The molecule has 2 unspecified atom stereocenters. The van der Waals surface area contributed by atoms with Gasteiger partial charge in [0.1, 0.15) is 0 Å².